The van der Waals surface area contributed by atoms with E-state index in [2.05, 4.69) is 14.6 Å². The number of methoxy groups -OCH3 is 1. The minimum atomic E-state index is -3.75. The second kappa shape index (κ2) is 9.40. The van der Waals surface area contributed by atoms with Gasteiger partial charge in [0, 0.05) is 38.6 Å². The van der Waals surface area contributed by atoms with Crippen LogP contribution in [0.2, 0.25) is 0 Å². The number of amides is 1. The lowest BCUT2D eigenvalue weighted by Crippen LogP contribution is -2.50. The van der Waals surface area contributed by atoms with Gasteiger partial charge >= 0.3 is 0 Å². The molecule has 3 aromatic rings. The molecule has 0 radical (unpaired) electrons. The van der Waals surface area contributed by atoms with Crippen LogP contribution in [0.1, 0.15) is 19.4 Å². The Kier molecular flexibility index (Phi) is 6.57. The zero-order valence-electron chi connectivity index (χ0n) is 19.1. The van der Waals surface area contributed by atoms with Crippen molar-refractivity contribution in [2.45, 2.75) is 25.3 Å². The van der Waals surface area contributed by atoms with E-state index in [0.717, 1.165) is 11.4 Å². The Bertz CT molecular complexity index is 1230. The molecule has 10 heteroatoms. The van der Waals surface area contributed by atoms with Crippen LogP contribution in [0, 0.1) is 5.92 Å². The SMILES string of the molecule is COc1ccc(CNS(=O)(=O)c2cc(N3CCN(C(=O)C(C)C)CC3)n3cncc3c2)cc1. The predicted molar refractivity (Wildman–Crippen MR) is 126 cm³/mol. The summed E-state index contributed by atoms with van der Waals surface area (Å²) in [4.78, 5) is 20.7. The van der Waals surface area contributed by atoms with Crippen LogP contribution in [0.5, 0.6) is 5.75 Å². The third kappa shape index (κ3) is 4.96. The Labute approximate surface area is 194 Å². The van der Waals surface area contributed by atoms with Crippen molar-refractivity contribution in [2.75, 3.05) is 38.2 Å². The smallest absolute Gasteiger partial charge is 0.241 e. The topological polar surface area (TPSA) is 96.2 Å². The number of carbonyl (C=O) groups is 1. The summed E-state index contributed by atoms with van der Waals surface area (Å²) in [6.07, 6.45) is 3.32. The summed E-state index contributed by atoms with van der Waals surface area (Å²) in [5.74, 6) is 1.56. The monoisotopic (exact) mass is 471 g/mol. The first-order chi connectivity index (χ1) is 15.8. The molecule has 9 nitrogen and oxygen atoms in total. The normalized spacial score (nSPS) is 14.8. The highest BCUT2D eigenvalue weighted by Crippen LogP contribution is 2.25. The van der Waals surface area contributed by atoms with Gasteiger partial charge in [-0.25, -0.2) is 18.1 Å². The van der Waals surface area contributed by atoms with E-state index in [1.807, 2.05) is 35.3 Å². The molecule has 0 bridgehead atoms. The number of fused-ring (bicyclic) bond motifs is 1. The van der Waals surface area contributed by atoms with Crippen molar-refractivity contribution < 1.29 is 17.9 Å². The zero-order chi connectivity index (χ0) is 23.6. The standard InChI is InChI=1S/C23H29N5O4S/c1-17(2)23(29)27-10-8-26(9-11-27)22-13-21(12-19-15-24-16-28(19)22)33(30,31)25-14-18-4-6-20(32-3)7-5-18/h4-7,12-13,15-17,25H,8-11,14H2,1-3H3. The van der Waals surface area contributed by atoms with E-state index in [-0.39, 0.29) is 23.3 Å². The van der Waals surface area contributed by atoms with Crippen LogP contribution >= 0.6 is 0 Å². The van der Waals surface area contributed by atoms with Crippen LogP contribution in [0.25, 0.3) is 5.52 Å². The average Bonchev–Trinajstić information content (AvgIpc) is 3.31. The van der Waals surface area contributed by atoms with E-state index >= 15 is 0 Å². The Morgan fingerprint density at radius 2 is 1.82 bits per heavy atom. The molecule has 0 saturated carbocycles. The number of ether oxygens (including phenoxy) is 1. The molecule has 176 valence electrons. The maximum atomic E-state index is 13.1. The molecule has 3 heterocycles. The summed E-state index contributed by atoms with van der Waals surface area (Å²) >= 11 is 0. The number of rotatable bonds is 7. The second-order valence-electron chi connectivity index (χ2n) is 8.38. The molecule has 1 aliphatic rings. The quantitative estimate of drug-likeness (QED) is 0.567. The first-order valence-electron chi connectivity index (χ1n) is 10.9. The third-order valence-corrected chi connectivity index (χ3v) is 7.20. The van der Waals surface area contributed by atoms with Crippen molar-refractivity contribution in [3.8, 4) is 5.75 Å². The van der Waals surface area contributed by atoms with Gasteiger partial charge < -0.3 is 14.5 Å². The first kappa shape index (κ1) is 23.1. The number of piperazine rings is 1. The number of imidazole rings is 1. The van der Waals surface area contributed by atoms with Crippen LogP contribution in [-0.4, -0.2) is 61.9 Å². The van der Waals surface area contributed by atoms with E-state index in [9.17, 15) is 13.2 Å². The summed E-state index contributed by atoms with van der Waals surface area (Å²) in [5, 5.41) is 0. The Morgan fingerprint density at radius 3 is 2.45 bits per heavy atom. The number of nitrogens with one attached hydrogen (secondary N) is 1. The van der Waals surface area contributed by atoms with Crippen molar-refractivity contribution >= 4 is 27.3 Å². The van der Waals surface area contributed by atoms with E-state index in [1.165, 1.54) is 0 Å². The molecule has 1 amide bonds. The highest BCUT2D eigenvalue weighted by Gasteiger charge is 2.25. The molecule has 1 N–H and O–H groups in total. The van der Waals surface area contributed by atoms with Gasteiger partial charge in [-0.15, -0.1) is 0 Å². The molecule has 1 fully saturated rings. The molecule has 0 aliphatic carbocycles. The van der Waals surface area contributed by atoms with Crippen molar-refractivity contribution in [3.05, 3.63) is 54.5 Å². The fraction of sp³-hybridized carbons (Fsp3) is 0.391. The Hall–Kier alpha value is -3.11. The van der Waals surface area contributed by atoms with Gasteiger partial charge in [-0.05, 0) is 29.8 Å². The minimum absolute atomic E-state index is 0.0397. The van der Waals surface area contributed by atoms with E-state index in [1.54, 1.807) is 43.9 Å². The summed E-state index contributed by atoms with van der Waals surface area (Å²) in [7, 11) is -2.17. The van der Waals surface area contributed by atoms with E-state index in [4.69, 9.17) is 4.74 Å². The lowest BCUT2D eigenvalue weighted by Gasteiger charge is -2.37. The fourth-order valence-electron chi connectivity index (χ4n) is 3.91. The number of hydrogen-bond donors (Lipinski definition) is 1. The van der Waals surface area contributed by atoms with Crippen molar-refractivity contribution in [1.29, 1.82) is 0 Å². The van der Waals surface area contributed by atoms with Gasteiger partial charge in [0.2, 0.25) is 15.9 Å². The van der Waals surface area contributed by atoms with Crippen LogP contribution < -0.4 is 14.4 Å². The molecular weight excluding hydrogens is 442 g/mol. The van der Waals surface area contributed by atoms with Crippen LogP contribution in [0.3, 0.4) is 0 Å². The van der Waals surface area contributed by atoms with Crippen molar-refractivity contribution in [1.82, 2.24) is 19.0 Å². The molecule has 1 saturated heterocycles. The number of anilines is 1. The molecular formula is C23H29N5O4S. The molecule has 4 rings (SSSR count). The third-order valence-electron chi connectivity index (χ3n) is 5.82. The highest BCUT2D eigenvalue weighted by atomic mass is 32.2. The van der Waals surface area contributed by atoms with Crippen LogP contribution in [-0.2, 0) is 21.4 Å². The van der Waals surface area contributed by atoms with Gasteiger partial charge in [-0.1, -0.05) is 26.0 Å². The van der Waals surface area contributed by atoms with Gasteiger partial charge in [0.15, 0.2) is 0 Å². The molecule has 0 spiro atoms. The lowest BCUT2D eigenvalue weighted by atomic mass is 10.1. The first-order valence-corrected chi connectivity index (χ1v) is 12.4. The fourth-order valence-corrected chi connectivity index (χ4v) is 4.97. The maximum absolute atomic E-state index is 13.1. The van der Waals surface area contributed by atoms with Gasteiger partial charge in [-0.2, -0.15) is 0 Å². The van der Waals surface area contributed by atoms with Crippen molar-refractivity contribution in [2.24, 2.45) is 5.92 Å². The molecule has 1 aromatic carbocycles. The predicted octanol–water partition coefficient (Wildman–Crippen LogP) is 2.13. The van der Waals surface area contributed by atoms with Gasteiger partial charge in [0.25, 0.3) is 0 Å². The zero-order valence-corrected chi connectivity index (χ0v) is 19.9. The largest absolute Gasteiger partial charge is 0.497 e. The number of carbonyl (C=O) groups excluding carboxylic acids is 1. The van der Waals surface area contributed by atoms with Gasteiger partial charge in [0.05, 0.1) is 23.7 Å². The number of hydrogen-bond acceptors (Lipinski definition) is 6. The maximum Gasteiger partial charge on any atom is 0.241 e. The highest BCUT2D eigenvalue weighted by molar-refractivity contribution is 7.89. The summed E-state index contributed by atoms with van der Waals surface area (Å²) in [6, 6.07) is 10.5. The van der Waals surface area contributed by atoms with Crippen LogP contribution in [0.15, 0.2) is 53.8 Å². The number of nitrogens with zero attached hydrogens (tertiary/aromatic N) is 4. The number of sulfonamides is 1. The van der Waals surface area contributed by atoms with Gasteiger partial charge in [-0.3, -0.25) is 9.20 Å². The number of benzene rings is 1. The summed E-state index contributed by atoms with van der Waals surface area (Å²) < 4.78 is 35.9. The molecule has 0 atom stereocenters. The van der Waals surface area contributed by atoms with Gasteiger partial charge in [0.1, 0.15) is 17.9 Å². The second-order valence-corrected chi connectivity index (χ2v) is 10.1. The summed E-state index contributed by atoms with van der Waals surface area (Å²) in [6.45, 7) is 6.40. The molecule has 33 heavy (non-hydrogen) atoms. The number of aromatic nitrogens is 2. The van der Waals surface area contributed by atoms with E-state index in [0.29, 0.717) is 37.4 Å². The molecule has 0 unspecified atom stereocenters. The Morgan fingerprint density at radius 1 is 1.12 bits per heavy atom. The molecule has 2 aromatic heterocycles. The van der Waals surface area contributed by atoms with Crippen LogP contribution in [0.4, 0.5) is 5.82 Å². The average molecular weight is 472 g/mol. The Balaban J connectivity index is 1.55. The minimum Gasteiger partial charge on any atom is -0.497 e. The van der Waals surface area contributed by atoms with Crippen molar-refractivity contribution in [3.63, 3.8) is 0 Å². The number of pyridine rings is 1. The van der Waals surface area contributed by atoms with E-state index < -0.39 is 10.0 Å². The summed E-state index contributed by atoms with van der Waals surface area (Å²) in [5.41, 5.74) is 1.52. The molecule has 1 aliphatic heterocycles. The lowest BCUT2D eigenvalue weighted by molar-refractivity contribution is -0.134.